The van der Waals surface area contributed by atoms with Crippen molar-refractivity contribution in [2.24, 2.45) is 0 Å². The molecule has 0 fully saturated rings. The highest BCUT2D eigenvalue weighted by atomic mass is 15.1. The molecular formula is C22H24N4. The van der Waals surface area contributed by atoms with Crippen LogP contribution in [0.1, 0.15) is 31.5 Å². The van der Waals surface area contributed by atoms with Gasteiger partial charge in [0.1, 0.15) is 5.82 Å². The molecule has 0 aliphatic heterocycles. The molecule has 4 heteroatoms. The van der Waals surface area contributed by atoms with Crippen LogP contribution in [0.2, 0.25) is 0 Å². The van der Waals surface area contributed by atoms with E-state index in [1.807, 2.05) is 26.2 Å². The summed E-state index contributed by atoms with van der Waals surface area (Å²) in [5, 5.41) is 4.54. The molecule has 0 spiro atoms. The van der Waals surface area contributed by atoms with Crippen LogP contribution in [-0.4, -0.2) is 24.1 Å². The molecule has 0 radical (unpaired) electrons. The lowest BCUT2D eigenvalue weighted by molar-refractivity contribution is 0.737. The van der Waals surface area contributed by atoms with Gasteiger partial charge in [0.05, 0.1) is 5.52 Å². The molecule has 0 unspecified atom stereocenters. The molecule has 1 heterocycles. The molecular weight excluding hydrogens is 320 g/mol. The first kappa shape index (κ1) is 16.6. The van der Waals surface area contributed by atoms with E-state index in [2.05, 4.69) is 52.7 Å². The average Bonchev–Trinajstić information content (AvgIpc) is 2.69. The standard InChI is InChI=1S/C22H24N4/c1-26(2)18-14-12-17(13-15-18)23-22-19-10-6-7-11-20(19)24-21(25-22)16-8-4-3-5-9-16/h6-8,10-15H,3-5,9H2,1-2H3,(H,23,24,25). The number of fused-ring (bicyclic) bond motifs is 1. The molecule has 1 aromatic heterocycles. The summed E-state index contributed by atoms with van der Waals surface area (Å²) in [6, 6.07) is 16.6. The maximum atomic E-state index is 4.88. The minimum absolute atomic E-state index is 0.857. The largest absolute Gasteiger partial charge is 0.378 e. The number of nitrogens with zero attached hydrogens (tertiary/aromatic N) is 3. The second-order valence-electron chi connectivity index (χ2n) is 6.95. The van der Waals surface area contributed by atoms with Crippen LogP contribution < -0.4 is 10.2 Å². The van der Waals surface area contributed by atoms with E-state index >= 15 is 0 Å². The lowest BCUT2D eigenvalue weighted by Gasteiger charge is -2.16. The Labute approximate surface area is 154 Å². The van der Waals surface area contributed by atoms with Gasteiger partial charge in [-0.05, 0) is 67.7 Å². The summed E-state index contributed by atoms with van der Waals surface area (Å²) in [6.07, 6.45) is 6.97. The fourth-order valence-corrected chi connectivity index (χ4v) is 3.34. The molecule has 0 saturated heterocycles. The zero-order valence-corrected chi connectivity index (χ0v) is 15.4. The average molecular weight is 344 g/mol. The van der Waals surface area contributed by atoms with E-state index in [9.17, 15) is 0 Å². The summed E-state index contributed by atoms with van der Waals surface area (Å²) in [5.41, 5.74) is 4.46. The van der Waals surface area contributed by atoms with Crippen LogP contribution in [0.5, 0.6) is 0 Å². The first-order valence-electron chi connectivity index (χ1n) is 9.21. The van der Waals surface area contributed by atoms with Crippen molar-refractivity contribution in [3.05, 3.63) is 60.4 Å². The molecule has 26 heavy (non-hydrogen) atoms. The highest BCUT2D eigenvalue weighted by molar-refractivity contribution is 5.91. The zero-order chi connectivity index (χ0) is 17.9. The molecule has 1 aliphatic carbocycles. The monoisotopic (exact) mass is 344 g/mol. The van der Waals surface area contributed by atoms with Crippen molar-refractivity contribution in [3.63, 3.8) is 0 Å². The van der Waals surface area contributed by atoms with E-state index in [0.29, 0.717) is 0 Å². The fraction of sp³-hybridized carbons (Fsp3) is 0.273. The number of benzene rings is 2. The Bertz CT molecular complexity index is 942. The molecule has 0 amide bonds. The van der Waals surface area contributed by atoms with Crippen LogP contribution in [0.3, 0.4) is 0 Å². The minimum atomic E-state index is 0.857. The van der Waals surface area contributed by atoms with Gasteiger partial charge in [0.15, 0.2) is 5.82 Å². The molecule has 4 nitrogen and oxygen atoms in total. The third-order valence-corrected chi connectivity index (χ3v) is 4.83. The van der Waals surface area contributed by atoms with Gasteiger partial charge in [-0.15, -0.1) is 0 Å². The predicted octanol–water partition coefficient (Wildman–Crippen LogP) is 5.40. The van der Waals surface area contributed by atoms with E-state index in [1.54, 1.807) is 0 Å². The third-order valence-electron chi connectivity index (χ3n) is 4.83. The Balaban J connectivity index is 1.74. The summed E-state index contributed by atoms with van der Waals surface area (Å²) in [6.45, 7) is 0. The van der Waals surface area contributed by atoms with E-state index in [1.165, 1.54) is 24.1 Å². The Morgan fingerprint density at radius 1 is 0.923 bits per heavy atom. The van der Waals surface area contributed by atoms with Gasteiger partial charge in [-0.3, -0.25) is 0 Å². The summed E-state index contributed by atoms with van der Waals surface area (Å²) < 4.78 is 0. The Morgan fingerprint density at radius 2 is 1.73 bits per heavy atom. The lowest BCUT2D eigenvalue weighted by Crippen LogP contribution is -2.08. The van der Waals surface area contributed by atoms with E-state index in [4.69, 9.17) is 9.97 Å². The summed E-state index contributed by atoms with van der Waals surface area (Å²) in [7, 11) is 4.09. The van der Waals surface area contributed by atoms with Crippen molar-refractivity contribution in [2.45, 2.75) is 25.7 Å². The van der Waals surface area contributed by atoms with Crippen LogP contribution in [0, 0.1) is 0 Å². The maximum Gasteiger partial charge on any atom is 0.157 e. The first-order chi connectivity index (χ1) is 12.7. The van der Waals surface area contributed by atoms with Gasteiger partial charge >= 0.3 is 0 Å². The second-order valence-corrected chi connectivity index (χ2v) is 6.95. The van der Waals surface area contributed by atoms with E-state index in [-0.39, 0.29) is 0 Å². The summed E-state index contributed by atoms with van der Waals surface area (Å²) in [4.78, 5) is 11.8. The first-order valence-corrected chi connectivity index (χ1v) is 9.21. The highest BCUT2D eigenvalue weighted by Gasteiger charge is 2.13. The van der Waals surface area contributed by atoms with Gasteiger partial charge in [-0.1, -0.05) is 18.2 Å². The molecule has 4 rings (SSSR count). The van der Waals surface area contributed by atoms with Gasteiger partial charge in [0, 0.05) is 30.9 Å². The molecule has 0 bridgehead atoms. The predicted molar refractivity (Wildman–Crippen MR) is 110 cm³/mol. The smallest absolute Gasteiger partial charge is 0.157 e. The molecule has 2 aromatic carbocycles. The third kappa shape index (κ3) is 3.40. The van der Waals surface area contributed by atoms with Gasteiger partial charge in [-0.2, -0.15) is 0 Å². The van der Waals surface area contributed by atoms with Crippen molar-refractivity contribution >= 4 is 33.7 Å². The summed E-state index contributed by atoms with van der Waals surface area (Å²) in [5.74, 6) is 1.73. The van der Waals surface area contributed by atoms with Crippen LogP contribution in [0.25, 0.3) is 16.5 Å². The Morgan fingerprint density at radius 3 is 2.46 bits per heavy atom. The highest BCUT2D eigenvalue weighted by Crippen LogP contribution is 2.30. The van der Waals surface area contributed by atoms with Crippen molar-refractivity contribution < 1.29 is 0 Å². The number of anilines is 3. The van der Waals surface area contributed by atoms with Crippen molar-refractivity contribution in [1.82, 2.24) is 9.97 Å². The van der Waals surface area contributed by atoms with Crippen LogP contribution in [0.4, 0.5) is 17.2 Å². The Kier molecular flexibility index (Phi) is 4.57. The lowest BCUT2D eigenvalue weighted by atomic mass is 9.99. The van der Waals surface area contributed by atoms with Gasteiger partial charge in [0.25, 0.3) is 0 Å². The minimum Gasteiger partial charge on any atom is -0.378 e. The number of para-hydroxylation sites is 1. The van der Waals surface area contributed by atoms with Crippen LogP contribution >= 0.6 is 0 Å². The van der Waals surface area contributed by atoms with E-state index in [0.717, 1.165) is 41.1 Å². The molecule has 0 saturated carbocycles. The molecule has 0 atom stereocenters. The SMILES string of the molecule is CN(C)c1ccc(Nc2nc(C3=CCCCC3)nc3ccccc23)cc1. The maximum absolute atomic E-state index is 4.88. The number of hydrogen-bond donors (Lipinski definition) is 1. The summed E-state index contributed by atoms with van der Waals surface area (Å²) >= 11 is 0. The Hall–Kier alpha value is -2.88. The zero-order valence-electron chi connectivity index (χ0n) is 15.4. The normalized spacial score (nSPS) is 14.2. The van der Waals surface area contributed by atoms with Crippen LogP contribution in [0.15, 0.2) is 54.6 Å². The van der Waals surface area contributed by atoms with Crippen molar-refractivity contribution in [1.29, 1.82) is 0 Å². The molecule has 132 valence electrons. The molecule has 1 N–H and O–H groups in total. The fourth-order valence-electron chi connectivity index (χ4n) is 3.34. The van der Waals surface area contributed by atoms with Gasteiger partial charge in [-0.25, -0.2) is 9.97 Å². The second kappa shape index (κ2) is 7.16. The van der Waals surface area contributed by atoms with Crippen molar-refractivity contribution in [2.75, 3.05) is 24.3 Å². The number of nitrogens with one attached hydrogen (secondary N) is 1. The van der Waals surface area contributed by atoms with Gasteiger partial charge < -0.3 is 10.2 Å². The quantitative estimate of drug-likeness (QED) is 0.688. The molecule has 1 aliphatic rings. The van der Waals surface area contributed by atoms with Crippen LogP contribution in [-0.2, 0) is 0 Å². The number of aromatic nitrogens is 2. The van der Waals surface area contributed by atoms with Crippen molar-refractivity contribution in [3.8, 4) is 0 Å². The number of allylic oxidation sites excluding steroid dienone is 2. The van der Waals surface area contributed by atoms with Gasteiger partial charge in [0.2, 0.25) is 0 Å². The number of hydrogen-bond acceptors (Lipinski definition) is 4. The topological polar surface area (TPSA) is 41.0 Å². The van der Waals surface area contributed by atoms with E-state index < -0.39 is 0 Å². The number of rotatable bonds is 4. The molecule has 3 aromatic rings.